The molecule has 0 unspecified atom stereocenters. The maximum atomic E-state index is 13.9. The largest absolute Gasteiger partial charge is 0.477 e. The van der Waals surface area contributed by atoms with Crippen molar-refractivity contribution in [1.82, 2.24) is 10.6 Å². The molecule has 0 aliphatic carbocycles. The number of hydrogen-bond donors (Lipinski definition) is 24. The normalized spacial score (nSPS) is 50.6. The van der Waals surface area contributed by atoms with Crippen molar-refractivity contribution in [2.45, 2.75) is 299 Å². The minimum Gasteiger partial charge on any atom is -0.477 e. The monoisotopic (exact) mass is 1420 g/mol. The summed E-state index contributed by atoms with van der Waals surface area (Å²) < 4.78 is 88.9. The van der Waals surface area contributed by atoms with E-state index in [1.165, 1.54) is 27.7 Å². The highest BCUT2D eigenvalue weighted by Gasteiger charge is 2.62. The first-order valence-corrected chi connectivity index (χ1v) is 31.2. The molecule has 0 saturated carbocycles. The number of aliphatic carboxylic acids is 1. The van der Waals surface area contributed by atoms with Crippen molar-refractivity contribution >= 4 is 17.8 Å². The van der Waals surface area contributed by atoms with Crippen molar-refractivity contribution in [3.8, 4) is 0 Å². The first-order valence-electron chi connectivity index (χ1n) is 31.2. The Morgan fingerprint density at radius 3 is 1.34 bits per heavy atom. The quantitative estimate of drug-likeness (QED) is 0.0452. The summed E-state index contributed by atoms with van der Waals surface area (Å²) >= 11 is 0. The van der Waals surface area contributed by atoms with Crippen LogP contribution in [0.2, 0.25) is 0 Å². The third kappa shape index (κ3) is 17.0. The molecule has 0 aromatic carbocycles. The lowest BCUT2D eigenvalue weighted by atomic mass is 9.90. The van der Waals surface area contributed by atoms with Crippen LogP contribution in [0, 0.1) is 0 Å². The van der Waals surface area contributed by atoms with Crippen LogP contribution in [0.25, 0.3) is 0 Å². The van der Waals surface area contributed by atoms with E-state index >= 15 is 0 Å². The second kappa shape index (κ2) is 33.2. The van der Waals surface area contributed by atoms with Gasteiger partial charge in [0, 0.05) is 20.3 Å². The first kappa shape index (κ1) is 79.7. The zero-order chi connectivity index (χ0) is 71.9. The van der Waals surface area contributed by atoms with Gasteiger partial charge in [-0.2, -0.15) is 0 Å². The Bertz CT molecular complexity index is 2540. The summed E-state index contributed by atoms with van der Waals surface area (Å²) in [6.45, 7) is 2.21. The number of carbonyl (C=O) groups is 3. The summed E-state index contributed by atoms with van der Waals surface area (Å²) in [4.78, 5) is 40.0. The second-order valence-corrected chi connectivity index (χ2v) is 25.2. The number of amides is 2. The lowest BCUT2D eigenvalue weighted by molar-refractivity contribution is -0.402. The maximum absolute atomic E-state index is 13.9. The molecular weight excluding hydrogens is 1330 g/mol. The van der Waals surface area contributed by atoms with Gasteiger partial charge in [0.1, 0.15) is 171 Å². The Balaban J connectivity index is 1.13. The molecule has 8 heterocycles. The predicted molar refractivity (Wildman–Crippen MR) is 299 cm³/mol. The van der Waals surface area contributed by atoms with Crippen LogP contribution in [0.1, 0.15) is 48.0 Å². The van der Waals surface area contributed by atoms with Gasteiger partial charge in [0.05, 0.1) is 56.9 Å². The topological polar surface area (TPSA) is 659 Å². The van der Waals surface area contributed by atoms with E-state index in [9.17, 15) is 127 Å². The number of nitrogens with one attached hydrogen (secondary N) is 2. The minimum absolute atomic E-state index is 0.940. The summed E-state index contributed by atoms with van der Waals surface area (Å²) in [5, 5.41) is 246. The summed E-state index contributed by atoms with van der Waals surface area (Å²) in [5.41, 5.74) is 0. The number of carboxylic acid groups (broad SMARTS) is 1. The fraction of sp³-hybridized carbons (Fsp3) is 0.945. The Kier molecular flexibility index (Phi) is 27.2. The molecule has 562 valence electrons. The molecule has 8 aliphatic rings. The zero-order valence-electron chi connectivity index (χ0n) is 52.8. The number of aliphatic hydroxyl groups excluding tert-OH is 21. The lowest BCUT2D eigenvalue weighted by Crippen LogP contribution is -2.72. The Hall–Kier alpha value is -3.03. The van der Waals surface area contributed by atoms with Crippen LogP contribution in [-0.2, 0) is 85.4 Å². The van der Waals surface area contributed by atoms with E-state index in [2.05, 4.69) is 10.6 Å². The first-order chi connectivity index (χ1) is 45.5. The van der Waals surface area contributed by atoms with Crippen LogP contribution in [0.5, 0.6) is 0 Å². The number of rotatable bonds is 23. The molecule has 8 aliphatic heterocycles. The van der Waals surface area contributed by atoms with E-state index in [1.54, 1.807) is 0 Å². The standard InChI is InChI=1S/C55H92N2O40/c1-12-25(64)33(72)37(76)49(84-12)94-43-24(57-17(6)62)48(91-21(10-60)41(43)92-52-40(79)36(75)30(69)20(9-59)90-52)93-42-23(56-16(5)61)47(80)88-22(32(42)71)11-83-55(54(81)82)7-19(31(70)44(97-55)29(68)18(63)8-58)89-53-46(96-51-39(78)35(74)27(66)14(3)86-51)45(28(67)15(4)87-53)95-50-38(77)34(73)26(65)13(2)85-50/h12-15,18-53,58-60,63-80H,7-11H2,1-6H3,(H,56,61)(H,57,62)(H,81,82)/t12-,13-,14-,15-,18+,19-,20+,21+,22+,23+,24+,25+,26+,27+,28+,29+,30-,31+,32-,33+,34+,35+,36-,37-,38-,39-,40+,41+,42+,43+,44-,45+,46-,47+,48-,49-,50-,51-,52-,53-,55+/m0/s1. The number of carbonyl (C=O) groups excluding carboxylic acids is 2. The Labute approximate surface area is 550 Å². The van der Waals surface area contributed by atoms with E-state index < -0.39 is 302 Å². The van der Waals surface area contributed by atoms with Crippen molar-refractivity contribution < 1.29 is 198 Å². The van der Waals surface area contributed by atoms with Gasteiger partial charge in [-0.15, -0.1) is 0 Å². The van der Waals surface area contributed by atoms with E-state index in [1.807, 2.05) is 0 Å². The summed E-state index contributed by atoms with van der Waals surface area (Å²) in [6.07, 6.45) is -76.6. The van der Waals surface area contributed by atoms with E-state index in [-0.39, 0.29) is 0 Å². The average molecular weight is 1420 g/mol. The van der Waals surface area contributed by atoms with Gasteiger partial charge in [0.2, 0.25) is 11.8 Å². The van der Waals surface area contributed by atoms with Crippen LogP contribution >= 0.6 is 0 Å². The summed E-state index contributed by atoms with van der Waals surface area (Å²) in [6, 6.07) is -3.87. The molecule has 0 spiro atoms. The van der Waals surface area contributed by atoms with Crippen molar-refractivity contribution in [2.24, 2.45) is 0 Å². The molecule has 0 aromatic rings. The van der Waals surface area contributed by atoms with Crippen LogP contribution in [0.4, 0.5) is 0 Å². The number of ether oxygens (including phenoxy) is 15. The van der Waals surface area contributed by atoms with Gasteiger partial charge in [0.15, 0.2) is 44.0 Å². The molecule has 42 heteroatoms. The fourth-order valence-electron chi connectivity index (χ4n) is 12.6. The highest BCUT2D eigenvalue weighted by molar-refractivity contribution is 5.76. The minimum atomic E-state index is -3.34. The summed E-state index contributed by atoms with van der Waals surface area (Å²) in [7, 11) is 0. The second-order valence-electron chi connectivity index (χ2n) is 25.2. The molecule has 0 radical (unpaired) electrons. The van der Waals surface area contributed by atoms with Crippen LogP contribution in [0.15, 0.2) is 0 Å². The predicted octanol–water partition coefficient (Wildman–Crippen LogP) is -14.8. The molecule has 41 atom stereocenters. The summed E-state index contributed by atoms with van der Waals surface area (Å²) in [5.74, 6) is -7.39. The molecule has 2 amide bonds. The number of carboxylic acids is 1. The van der Waals surface area contributed by atoms with Crippen molar-refractivity contribution in [3.63, 3.8) is 0 Å². The molecule has 0 aromatic heterocycles. The molecule has 8 fully saturated rings. The SMILES string of the molecule is CC(=O)N[C@@H]1[C@@H](O[C@@H]2O[C@H](CO)[C@@H](O[C@@H]3O[C@H](CO)[C@H](O)[C@H](O)[C@H]3O)[C@H](O[C@@H]3O[C@@H](C)[C@@H](O)[C@@H](O)[C@@H]3O)[C@H]2NC(C)=O)[C@@H](O)[C@@H](CO[C@]2(C(=O)O)C[C@H](O[C@@H]3O[C@@H](C)[C@@H](O)[C@@H](O[C@@H]4O[C@@H](C)[C@@H](O)[C@@H](O)[C@@H]4O)[C@@H]3O[C@@H]3O[C@@H](C)[C@@H](O)[C@@H](O)[C@@H]3O)[C@@H](O)[C@H]([C@H](O)[C@H](O)CO)O2)O[C@H]1O. The van der Waals surface area contributed by atoms with Crippen molar-refractivity contribution in [1.29, 1.82) is 0 Å². The van der Waals surface area contributed by atoms with Crippen LogP contribution < -0.4 is 10.6 Å². The van der Waals surface area contributed by atoms with Crippen LogP contribution in [-0.4, -0.2) is 408 Å². The van der Waals surface area contributed by atoms with E-state index in [0.717, 1.165) is 13.8 Å². The van der Waals surface area contributed by atoms with Crippen LogP contribution in [0.3, 0.4) is 0 Å². The third-order valence-corrected chi connectivity index (χ3v) is 18.3. The number of hydrogen-bond acceptors (Lipinski definition) is 39. The molecule has 8 saturated heterocycles. The highest BCUT2D eigenvalue weighted by Crippen LogP contribution is 2.42. The highest BCUT2D eigenvalue weighted by atomic mass is 16.8. The van der Waals surface area contributed by atoms with E-state index in [4.69, 9.17) is 71.1 Å². The smallest absolute Gasteiger partial charge is 0.364 e. The molecule has 8 rings (SSSR count). The molecule has 24 N–H and O–H groups in total. The van der Waals surface area contributed by atoms with Gasteiger partial charge in [-0.1, -0.05) is 0 Å². The Morgan fingerprint density at radius 1 is 0.433 bits per heavy atom. The molecule has 97 heavy (non-hydrogen) atoms. The van der Waals surface area contributed by atoms with Crippen molar-refractivity contribution in [3.05, 3.63) is 0 Å². The third-order valence-electron chi connectivity index (χ3n) is 18.3. The van der Waals surface area contributed by atoms with Gasteiger partial charge in [-0.25, -0.2) is 4.79 Å². The van der Waals surface area contributed by atoms with Gasteiger partial charge in [-0.3, -0.25) is 9.59 Å². The molecule has 0 bridgehead atoms. The lowest BCUT2D eigenvalue weighted by Gasteiger charge is -2.52. The molecular formula is C55H92N2O40. The van der Waals surface area contributed by atoms with Gasteiger partial charge >= 0.3 is 5.97 Å². The number of aliphatic hydroxyl groups is 21. The maximum Gasteiger partial charge on any atom is 0.364 e. The fourth-order valence-corrected chi connectivity index (χ4v) is 12.6. The van der Waals surface area contributed by atoms with Gasteiger partial charge < -0.3 is 194 Å². The Morgan fingerprint density at radius 2 is 0.856 bits per heavy atom. The zero-order valence-corrected chi connectivity index (χ0v) is 52.8. The van der Waals surface area contributed by atoms with Crippen molar-refractivity contribution in [2.75, 3.05) is 26.4 Å². The average Bonchev–Trinajstić information content (AvgIpc) is 0.764. The van der Waals surface area contributed by atoms with Gasteiger partial charge in [0.25, 0.3) is 5.79 Å². The van der Waals surface area contributed by atoms with Gasteiger partial charge in [-0.05, 0) is 27.7 Å². The van der Waals surface area contributed by atoms with E-state index in [0.29, 0.717) is 0 Å². The molecule has 42 nitrogen and oxygen atoms in total.